The van der Waals surface area contributed by atoms with Crippen LogP contribution in [-0.4, -0.2) is 37.0 Å². The predicted octanol–water partition coefficient (Wildman–Crippen LogP) is 4.07. The molecule has 1 amide bonds. The maximum Gasteiger partial charge on any atom is 0.244 e. The first-order chi connectivity index (χ1) is 11.6. The molecule has 1 aromatic carbocycles. The molecule has 24 heavy (non-hydrogen) atoms. The monoisotopic (exact) mass is 346 g/mol. The van der Waals surface area contributed by atoms with Gasteiger partial charge in [-0.3, -0.25) is 4.79 Å². The van der Waals surface area contributed by atoms with Gasteiger partial charge < -0.3 is 14.6 Å². The quantitative estimate of drug-likeness (QED) is 0.733. The molecule has 0 unspecified atom stereocenters. The summed E-state index contributed by atoms with van der Waals surface area (Å²) < 4.78 is 5.72. The van der Waals surface area contributed by atoms with Crippen molar-refractivity contribution in [1.82, 2.24) is 10.2 Å². The first-order valence-electron chi connectivity index (χ1n) is 8.16. The number of halogens is 1. The van der Waals surface area contributed by atoms with E-state index in [2.05, 4.69) is 24.1 Å². The van der Waals surface area contributed by atoms with E-state index in [9.17, 15) is 4.79 Å². The fraction of sp³-hybridized carbons (Fsp3) is 0.316. The first-order valence-corrected chi connectivity index (χ1v) is 8.54. The highest BCUT2D eigenvalue weighted by molar-refractivity contribution is 6.30. The van der Waals surface area contributed by atoms with Crippen LogP contribution in [0.25, 0.3) is 17.4 Å². The van der Waals surface area contributed by atoms with Gasteiger partial charge in [-0.1, -0.05) is 25.4 Å². The van der Waals surface area contributed by atoms with Gasteiger partial charge in [-0.15, -0.1) is 0 Å². The van der Waals surface area contributed by atoms with Gasteiger partial charge in [0.15, 0.2) is 0 Å². The molecule has 128 valence electrons. The number of benzene rings is 1. The number of nitrogens with zero attached hydrogens (tertiary/aromatic N) is 1. The molecule has 0 aliphatic carbocycles. The molecular weight excluding hydrogens is 324 g/mol. The molecule has 0 spiro atoms. The fourth-order valence-corrected chi connectivity index (χ4v) is 2.43. The van der Waals surface area contributed by atoms with Crippen LogP contribution in [0.2, 0.25) is 5.02 Å². The van der Waals surface area contributed by atoms with E-state index in [4.69, 9.17) is 16.0 Å². The normalized spacial score (nSPS) is 11.3. The number of carbonyl (C=O) groups is 1. The summed E-state index contributed by atoms with van der Waals surface area (Å²) in [5.41, 5.74) is 0.947. The summed E-state index contributed by atoms with van der Waals surface area (Å²) in [6.07, 6.45) is 3.17. The molecule has 0 aliphatic heterocycles. The Bertz CT molecular complexity index is 673. The lowest BCUT2D eigenvalue weighted by Crippen LogP contribution is -2.34. The molecule has 5 heteroatoms. The predicted molar refractivity (Wildman–Crippen MR) is 99.0 cm³/mol. The molecule has 0 atom stereocenters. The molecule has 0 fully saturated rings. The van der Waals surface area contributed by atoms with Gasteiger partial charge >= 0.3 is 0 Å². The topological polar surface area (TPSA) is 45.5 Å². The lowest BCUT2D eigenvalue weighted by atomic mass is 10.2. The van der Waals surface area contributed by atoms with Crippen molar-refractivity contribution in [3.05, 3.63) is 53.3 Å². The number of hydrogen-bond acceptors (Lipinski definition) is 3. The Morgan fingerprint density at radius 3 is 2.54 bits per heavy atom. The highest BCUT2D eigenvalue weighted by atomic mass is 35.5. The molecule has 0 radical (unpaired) electrons. The van der Waals surface area contributed by atoms with E-state index in [1.54, 1.807) is 6.08 Å². The standard InChI is InChI=1S/C19H23ClN2O2/c1-3-22(4-2)14-13-21-19(23)12-10-17-9-11-18(24-17)15-5-7-16(20)8-6-15/h5-12H,3-4,13-14H2,1-2H3,(H,21,23)/b12-10+. The van der Waals surface area contributed by atoms with Crippen LogP contribution in [0.15, 0.2) is 46.9 Å². The van der Waals surface area contributed by atoms with Gasteiger partial charge in [-0.25, -0.2) is 0 Å². The average molecular weight is 347 g/mol. The van der Waals surface area contributed by atoms with Crippen molar-refractivity contribution in [3.8, 4) is 11.3 Å². The van der Waals surface area contributed by atoms with Crippen molar-refractivity contribution in [2.45, 2.75) is 13.8 Å². The largest absolute Gasteiger partial charge is 0.457 e. The molecule has 2 rings (SSSR count). The van der Waals surface area contributed by atoms with Crippen molar-refractivity contribution in [2.24, 2.45) is 0 Å². The van der Waals surface area contributed by atoms with Gasteiger partial charge in [0.1, 0.15) is 11.5 Å². The van der Waals surface area contributed by atoms with E-state index >= 15 is 0 Å². The summed E-state index contributed by atoms with van der Waals surface area (Å²) in [4.78, 5) is 14.1. The highest BCUT2D eigenvalue weighted by Gasteiger charge is 2.04. The van der Waals surface area contributed by atoms with Gasteiger partial charge in [0.05, 0.1) is 0 Å². The minimum Gasteiger partial charge on any atom is -0.457 e. The van der Waals surface area contributed by atoms with Gasteiger partial charge in [0, 0.05) is 29.8 Å². The Balaban J connectivity index is 1.86. The summed E-state index contributed by atoms with van der Waals surface area (Å²) in [5, 5.41) is 3.56. The van der Waals surface area contributed by atoms with Crippen LogP contribution in [-0.2, 0) is 4.79 Å². The van der Waals surface area contributed by atoms with Crippen molar-refractivity contribution >= 4 is 23.6 Å². The van der Waals surface area contributed by atoms with Crippen molar-refractivity contribution in [1.29, 1.82) is 0 Å². The van der Waals surface area contributed by atoms with Crippen LogP contribution < -0.4 is 5.32 Å². The van der Waals surface area contributed by atoms with Crippen molar-refractivity contribution < 1.29 is 9.21 Å². The third-order valence-electron chi connectivity index (χ3n) is 3.78. The number of carbonyl (C=O) groups excluding carboxylic acids is 1. The van der Waals surface area contributed by atoms with Crippen molar-refractivity contribution in [3.63, 3.8) is 0 Å². The maximum atomic E-state index is 11.8. The molecule has 1 aromatic heterocycles. The van der Waals surface area contributed by atoms with Crippen molar-refractivity contribution in [2.75, 3.05) is 26.2 Å². The highest BCUT2D eigenvalue weighted by Crippen LogP contribution is 2.24. The SMILES string of the molecule is CCN(CC)CCNC(=O)/C=C/c1ccc(-c2ccc(Cl)cc2)o1. The minimum absolute atomic E-state index is 0.119. The zero-order chi connectivity index (χ0) is 17.4. The molecule has 0 saturated carbocycles. The fourth-order valence-electron chi connectivity index (χ4n) is 2.31. The summed E-state index contributed by atoms with van der Waals surface area (Å²) in [7, 11) is 0. The lowest BCUT2D eigenvalue weighted by molar-refractivity contribution is -0.116. The first kappa shape index (κ1) is 18.3. The molecule has 0 saturated heterocycles. The van der Waals surface area contributed by atoms with Gasteiger partial charge in [0.25, 0.3) is 0 Å². The maximum absolute atomic E-state index is 11.8. The number of hydrogen-bond donors (Lipinski definition) is 1. The Morgan fingerprint density at radius 2 is 1.88 bits per heavy atom. The second-order valence-electron chi connectivity index (χ2n) is 5.36. The molecule has 1 heterocycles. The number of amides is 1. The molecular formula is C19H23ClN2O2. The Labute approximate surface area is 148 Å². The number of furan rings is 1. The van der Waals surface area contributed by atoms with Crippen LogP contribution in [0.5, 0.6) is 0 Å². The molecule has 4 nitrogen and oxygen atoms in total. The third kappa shape index (κ3) is 5.55. The third-order valence-corrected chi connectivity index (χ3v) is 4.03. The van der Waals surface area contributed by atoms with Crippen LogP contribution in [0.1, 0.15) is 19.6 Å². The summed E-state index contributed by atoms with van der Waals surface area (Å²) in [6.45, 7) is 7.69. The molecule has 0 aliphatic rings. The van der Waals surface area contributed by atoms with E-state index in [1.807, 2.05) is 36.4 Å². The minimum atomic E-state index is -0.119. The van der Waals surface area contributed by atoms with Gasteiger partial charge in [-0.2, -0.15) is 0 Å². The summed E-state index contributed by atoms with van der Waals surface area (Å²) in [6, 6.07) is 11.1. The van der Waals surface area contributed by atoms with Crippen LogP contribution in [0.3, 0.4) is 0 Å². The van der Waals surface area contributed by atoms with Crippen LogP contribution in [0, 0.1) is 0 Å². The Kier molecular flexibility index (Phi) is 7.09. The smallest absolute Gasteiger partial charge is 0.244 e. The van der Waals surface area contributed by atoms with Gasteiger partial charge in [0.2, 0.25) is 5.91 Å². The van der Waals surface area contributed by atoms with Crippen LogP contribution >= 0.6 is 11.6 Å². The summed E-state index contributed by atoms with van der Waals surface area (Å²) in [5.74, 6) is 1.26. The van der Waals surface area contributed by atoms with E-state index < -0.39 is 0 Å². The average Bonchev–Trinajstić information content (AvgIpc) is 3.06. The molecule has 0 bridgehead atoms. The zero-order valence-electron chi connectivity index (χ0n) is 14.1. The lowest BCUT2D eigenvalue weighted by Gasteiger charge is -2.17. The summed E-state index contributed by atoms with van der Waals surface area (Å²) >= 11 is 5.88. The van der Waals surface area contributed by atoms with E-state index in [-0.39, 0.29) is 5.91 Å². The Hall–Kier alpha value is -2.04. The van der Waals surface area contributed by atoms with E-state index in [1.165, 1.54) is 6.08 Å². The second-order valence-corrected chi connectivity index (χ2v) is 5.80. The molecule has 2 aromatic rings. The van der Waals surface area contributed by atoms with Crippen LogP contribution in [0.4, 0.5) is 0 Å². The van der Waals surface area contributed by atoms with E-state index in [0.717, 1.165) is 31.0 Å². The van der Waals surface area contributed by atoms with E-state index in [0.29, 0.717) is 17.3 Å². The second kappa shape index (κ2) is 9.30. The van der Waals surface area contributed by atoms with Gasteiger partial charge in [-0.05, 0) is 55.6 Å². The molecule has 1 N–H and O–H groups in total. The number of likely N-dealkylation sites (N-methyl/N-ethyl adjacent to an activating group) is 1. The number of rotatable bonds is 8. The zero-order valence-corrected chi connectivity index (χ0v) is 14.8. The Morgan fingerprint density at radius 1 is 1.17 bits per heavy atom. The number of nitrogens with one attached hydrogen (secondary N) is 1.